The predicted molar refractivity (Wildman–Crippen MR) is 225 cm³/mol. The lowest BCUT2D eigenvalue weighted by Crippen LogP contribution is -2.41. The Kier molecular flexibility index (Phi) is 6.86. The van der Waals surface area contributed by atoms with Gasteiger partial charge in [0.05, 0.1) is 16.5 Å². The van der Waals surface area contributed by atoms with E-state index in [2.05, 4.69) is 189 Å². The number of rotatable bonds is 4. The fourth-order valence-electron chi connectivity index (χ4n) is 8.96. The summed E-state index contributed by atoms with van der Waals surface area (Å²) in [7, 11) is 0. The molecule has 10 rings (SSSR count). The van der Waals surface area contributed by atoms with Crippen LogP contribution in [0, 0.1) is 0 Å². The molecule has 6 aromatic rings. The molecule has 0 radical (unpaired) electrons. The lowest BCUT2D eigenvalue weighted by molar-refractivity contribution is 0.0618. The molecule has 0 bridgehead atoms. The number of aliphatic imine (C=N–C) groups is 2. The normalized spacial score (nSPS) is 19.4. The Bertz CT molecular complexity index is 2490. The van der Waals surface area contributed by atoms with E-state index in [1.807, 2.05) is 0 Å². The van der Waals surface area contributed by atoms with Crippen LogP contribution in [0.1, 0.15) is 88.8 Å². The monoisotopic (exact) mass is 718 g/mol. The first-order valence-electron chi connectivity index (χ1n) is 19.5. The first-order chi connectivity index (χ1) is 26.2. The van der Waals surface area contributed by atoms with Crippen molar-refractivity contribution < 1.29 is 9.47 Å². The summed E-state index contributed by atoms with van der Waals surface area (Å²) in [6.07, 6.45) is 0. The first kappa shape index (κ1) is 33.8. The summed E-state index contributed by atoms with van der Waals surface area (Å²) in [5, 5.41) is 0. The molecule has 0 saturated heterocycles. The maximum Gasteiger partial charge on any atom is 0.217 e. The summed E-state index contributed by atoms with van der Waals surface area (Å²) >= 11 is 0. The molecule has 0 N–H and O–H groups in total. The van der Waals surface area contributed by atoms with Crippen LogP contribution >= 0.6 is 0 Å². The van der Waals surface area contributed by atoms with Gasteiger partial charge in [0.25, 0.3) is 0 Å². The molecule has 0 atom stereocenters. The third-order valence-electron chi connectivity index (χ3n) is 13.4. The van der Waals surface area contributed by atoms with Gasteiger partial charge in [-0.3, -0.25) is 0 Å². The molecule has 0 unspecified atom stereocenters. The van der Waals surface area contributed by atoms with Crippen LogP contribution in [-0.4, -0.2) is 34.1 Å². The van der Waals surface area contributed by atoms with E-state index in [9.17, 15) is 0 Å². The maximum absolute atomic E-state index is 6.45. The van der Waals surface area contributed by atoms with Gasteiger partial charge in [0.1, 0.15) is 11.2 Å². The summed E-state index contributed by atoms with van der Waals surface area (Å²) in [5.41, 5.74) is 15.1. The minimum Gasteiger partial charge on any atom is -0.469 e. The van der Waals surface area contributed by atoms with E-state index in [-0.39, 0.29) is 22.3 Å². The second-order valence-corrected chi connectivity index (χ2v) is 17.7. The lowest BCUT2D eigenvalue weighted by atomic mass is 9.70. The van der Waals surface area contributed by atoms with Gasteiger partial charge in [0.2, 0.25) is 11.8 Å². The van der Waals surface area contributed by atoms with E-state index in [1.165, 1.54) is 55.6 Å². The number of hydrogen-bond donors (Lipinski definition) is 0. The van der Waals surface area contributed by atoms with Crippen molar-refractivity contribution in [1.82, 2.24) is 0 Å². The molecule has 272 valence electrons. The van der Waals surface area contributed by atoms with Gasteiger partial charge in [-0.05, 0) is 159 Å². The van der Waals surface area contributed by atoms with Crippen molar-refractivity contribution in [3.63, 3.8) is 0 Å². The molecule has 1 spiro atoms. The van der Waals surface area contributed by atoms with Gasteiger partial charge >= 0.3 is 0 Å². The van der Waals surface area contributed by atoms with Crippen LogP contribution in [0.25, 0.3) is 44.5 Å². The highest BCUT2D eigenvalue weighted by molar-refractivity contribution is 6.00. The zero-order chi connectivity index (χ0) is 38.1. The smallest absolute Gasteiger partial charge is 0.217 e. The van der Waals surface area contributed by atoms with Gasteiger partial charge in [-0.25, -0.2) is 9.98 Å². The Morgan fingerprint density at radius 3 is 1.11 bits per heavy atom. The zero-order valence-electron chi connectivity index (χ0n) is 32.9. The summed E-state index contributed by atoms with van der Waals surface area (Å²) < 4.78 is 12.9. The molecule has 55 heavy (non-hydrogen) atoms. The van der Waals surface area contributed by atoms with Crippen molar-refractivity contribution in [2.75, 3.05) is 0 Å². The largest absolute Gasteiger partial charge is 0.469 e. The van der Waals surface area contributed by atoms with Gasteiger partial charge in [-0.2, -0.15) is 0 Å². The molecule has 2 aliphatic heterocycles. The zero-order valence-corrected chi connectivity index (χ0v) is 32.9. The summed E-state index contributed by atoms with van der Waals surface area (Å²) in [4.78, 5) is 10.1. The number of ether oxygens (including phenoxy) is 2. The molecule has 0 saturated carbocycles. The number of nitrogens with zero attached hydrogens (tertiary/aromatic N) is 2. The van der Waals surface area contributed by atoms with Crippen LogP contribution < -0.4 is 0 Å². The third kappa shape index (κ3) is 4.70. The average Bonchev–Trinajstić information content (AvgIpc) is 3.79. The highest BCUT2D eigenvalue weighted by atomic mass is 16.5. The molecule has 4 heteroatoms. The van der Waals surface area contributed by atoms with E-state index in [1.54, 1.807) is 0 Å². The third-order valence-corrected chi connectivity index (χ3v) is 13.4. The van der Waals surface area contributed by atoms with Crippen molar-refractivity contribution >= 4 is 11.8 Å². The van der Waals surface area contributed by atoms with Gasteiger partial charge in [0.15, 0.2) is 0 Å². The number of benzene rings is 6. The van der Waals surface area contributed by atoms with E-state index in [4.69, 9.17) is 19.5 Å². The quantitative estimate of drug-likeness (QED) is 0.182. The highest BCUT2D eigenvalue weighted by Gasteiger charge is 2.52. The molecular weight excluding hydrogens is 673 g/mol. The van der Waals surface area contributed by atoms with Crippen molar-refractivity contribution in [2.45, 2.75) is 83.1 Å². The van der Waals surface area contributed by atoms with E-state index < -0.39 is 5.41 Å². The first-order valence-corrected chi connectivity index (χ1v) is 19.5. The Morgan fingerprint density at radius 2 is 0.709 bits per heavy atom. The minimum absolute atomic E-state index is 0.320. The Hall–Kier alpha value is -5.74. The van der Waals surface area contributed by atoms with Crippen LogP contribution in [0.2, 0.25) is 0 Å². The van der Waals surface area contributed by atoms with Crippen LogP contribution in [0.5, 0.6) is 0 Å². The van der Waals surface area contributed by atoms with Crippen molar-refractivity contribution in [1.29, 1.82) is 0 Å². The van der Waals surface area contributed by atoms with Crippen LogP contribution in [0.4, 0.5) is 0 Å². The van der Waals surface area contributed by atoms with E-state index in [0.29, 0.717) is 11.8 Å². The molecule has 4 nitrogen and oxygen atoms in total. The molecule has 2 heterocycles. The van der Waals surface area contributed by atoms with Gasteiger partial charge in [0, 0.05) is 11.1 Å². The molecule has 2 aliphatic carbocycles. The van der Waals surface area contributed by atoms with Crippen LogP contribution in [0.3, 0.4) is 0 Å². The summed E-state index contributed by atoms with van der Waals surface area (Å²) in [6, 6.07) is 49.4. The standard InChI is InChI=1S/C51H46N2O2/c1-47(2)49(5,6)54-45(52-47)35-17-13-15-31(27-35)33-23-25-39-40-26-24-34(32-16-14-18-36(28-32)46-53-48(3,4)50(7,8)55-46)30-44(40)51(43(39)29-33)41-21-11-9-19-37(41)38-20-10-12-22-42(38)51/h9-30H,1-8H3. The number of fused-ring (bicyclic) bond motifs is 10. The fourth-order valence-corrected chi connectivity index (χ4v) is 8.96. The van der Waals surface area contributed by atoms with E-state index >= 15 is 0 Å². The minimum atomic E-state index is -0.488. The molecular formula is C51H46N2O2. The summed E-state index contributed by atoms with van der Waals surface area (Å²) in [6.45, 7) is 17.0. The maximum atomic E-state index is 6.45. The van der Waals surface area contributed by atoms with Gasteiger partial charge in [-0.15, -0.1) is 0 Å². The lowest BCUT2D eigenvalue weighted by Gasteiger charge is -2.31. The molecule has 4 aliphatic rings. The van der Waals surface area contributed by atoms with Gasteiger partial charge in [-0.1, -0.05) is 97.1 Å². The highest BCUT2D eigenvalue weighted by Crippen LogP contribution is 2.63. The topological polar surface area (TPSA) is 43.2 Å². The van der Waals surface area contributed by atoms with Crippen LogP contribution in [0.15, 0.2) is 143 Å². The Morgan fingerprint density at radius 1 is 0.345 bits per heavy atom. The van der Waals surface area contributed by atoms with Crippen molar-refractivity contribution in [3.05, 3.63) is 167 Å². The molecule has 0 fully saturated rings. The summed E-state index contributed by atoms with van der Waals surface area (Å²) in [5.74, 6) is 1.41. The van der Waals surface area contributed by atoms with Crippen molar-refractivity contribution in [3.8, 4) is 44.5 Å². The molecule has 0 aromatic heterocycles. The Balaban J connectivity index is 1.15. The van der Waals surface area contributed by atoms with E-state index in [0.717, 1.165) is 22.3 Å². The average molecular weight is 719 g/mol. The van der Waals surface area contributed by atoms with Crippen LogP contribution in [-0.2, 0) is 14.9 Å². The van der Waals surface area contributed by atoms with Crippen molar-refractivity contribution in [2.24, 2.45) is 9.98 Å². The fraction of sp³-hybridized carbons (Fsp3) is 0.255. The second kappa shape index (κ2) is 11.2. The molecule has 0 amide bonds. The predicted octanol–water partition coefficient (Wildman–Crippen LogP) is 12.0. The number of hydrogen-bond acceptors (Lipinski definition) is 4. The second-order valence-electron chi connectivity index (χ2n) is 17.7. The molecule has 6 aromatic carbocycles. The van der Waals surface area contributed by atoms with Gasteiger partial charge < -0.3 is 9.47 Å². The Labute approximate surface area is 324 Å². The SMILES string of the molecule is CC1(C)N=C(c2cccc(-c3ccc4c(c3)C3(c5ccccc5-c5ccccc53)c3cc(-c5cccc(C6=NC(C)(C)C(C)(C)O6)c5)ccc3-4)c2)OC1(C)C.